The first-order chi connectivity index (χ1) is 6.61. The molecule has 3 nitrogen and oxygen atoms in total. The van der Waals surface area contributed by atoms with Gasteiger partial charge in [0, 0.05) is 12.5 Å². The Labute approximate surface area is 86.9 Å². The number of rotatable bonds is 7. The molecule has 0 aromatic rings. The first-order valence-electron chi connectivity index (χ1n) is 5.57. The summed E-state index contributed by atoms with van der Waals surface area (Å²) in [5, 5.41) is 11.8. The highest BCUT2D eigenvalue weighted by atomic mass is 16.3. The van der Waals surface area contributed by atoms with Gasteiger partial charge in [-0.2, -0.15) is 0 Å². The number of nitrogens with one attached hydrogen (secondary N) is 1. The molecule has 1 amide bonds. The topological polar surface area (TPSA) is 49.3 Å². The molecule has 0 radical (unpaired) electrons. The van der Waals surface area contributed by atoms with Crippen molar-refractivity contribution in [2.24, 2.45) is 5.92 Å². The van der Waals surface area contributed by atoms with E-state index in [-0.39, 0.29) is 11.8 Å². The predicted molar refractivity (Wildman–Crippen MR) is 58.0 cm³/mol. The molecule has 1 unspecified atom stereocenters. The maximum Gasteiger partial charge on any atom is 0.223 e. The van der Waals surface area contributed by atoms with E-state index in [0.29, 0.717) is 6.54 Å². The summed E-state index contributed by atoms with van der Waals surface area (Å²) >= 11 is 0. The van der Waals surface area contributed by atoms with Crippen molar-refractivity contribution < 1.29 is 9.90 Å². The van der Waals surface area contributed by atoms with Crippen LogP contribution in [0.5, 0.6) is 0 Å². The van der Waals surface area contributed by atoms with Crippen LogP contribution in [0.25, 0.3) is 0 Å². The fraction of sp³-hybridized carbons (Fsp3) is 0.909. The Balaban J connectivity index is 3.79. The van der Waals surface area contributed by atoms with Gasteiger partial charge in [0.1, 0.15) is 0 Å². The molecule has 0 bridgehead atoms. The minimum Gasteiger partial charge on any atom is -0.392 e. The van der Waals surface area contributed by atoms with Crippen LogP contribution >= 0.6 is 0 Å². The highest BCUT2D eigenvalue weighted by Gasteiger charge is 2.15. The van der Waals surface area contributed by atoms with Crippen LogP contribution in [0, 0.1) is 5.92 Å². The van der Waals surface area contributed by atoms with Crippen LogP contribution in [0.4, 0.5) is 0 Å². The van der Waals surface area contributed by atoms with Gasteiger partial charge in [-0.05, 0) is 19.8 Å². The van der Waals surface area contributed by atoms with Gasteiger partial charge in [0.2, 0.25) is 5.91 Å². The molecule has 0 aliphatic heterocycles. The van der Waals surface area contributed by atoms with Gasteiger partial charge in [-0.25, -0.2) is 0 Å². The number of hydrogen-bond acceptors (Lipinski definition) is 2. The second-order valence-electron chi connectivity index (χ2n) is 3.84. The third kappa shape index (κ3) is 5.97. The van der Waals surface area contributed by atoms with Crippen molar-refractivity contribution in [3.05, 3.63) is 0 Å². The molecular formula is C11H23NO2. The zero-order chi connectivity index (χ0) is 11.0. The third-order valence-corrected chi connectivity index (χ3v) is 2.34. The summed E-state index contributed by atoms with van der Waals surface area (Å²) in [5.41, 5.74) is 0. The van der Waals surface area contributed by atoms with Crippen molar-refractivity contribution in [3.63, 3.8) is 0 Å². The van der Waals surface area contributed by atoms with E-state index in [1.165, 1.54) is 0 Å². The van der Waals surface area contributed by atoms with E-state index in [2.05, 4.69) is 12.2 Å². The van der Waals surface area contributed by atoms with E-state index < -0.39 is 6.10 Å². The molecular weight excluding hydrogens is 178 g/mol. The lowest BCUT2D eigenvalue weighted by molar-refractivity contribution is -0.125. The zero-order valence-corrected chi connectivity index (χ0v) is 9.55. The van der Waals surface area contributed by atoms with Crippen molar-refractivity contribution >= 4 is 5.91 Å². The SMILES string of the molecule is CCCCC(CC)C(=O)NC[C@H](C)O. The van der Waals surface area contributed by atoms with E-state index >= 15 is 0 Å². The number of hydrogen-bond donors (Lipinski definition) is 2. The van der Waals surface area contributed by atoms with Crippen LogP contribution in [0.15, 0.2) is 0 Å². The first kappa shape index (κ1) is 13.4. The van der Waals surface area contributed by atoms with Crippen LogP contribution in [0.1, 0.15) is 46.5 Å². The maximum absolute atomic E-state index is 11.6. The standard InChI is InChI=1S/C11H23NO2/c1-4-6-7-10(5-2)11(14)12-8-9(3)13/h9-10,13H,4-8H2,1-3H3,(H,12,14)/t9-,10?/m0/s1. The van der Waals surface area contributed by atoms with E-state index in [4.69, 9.17) is 5.11 Å². The largest absolute Gasteiger partial charge is 0.392 e. The minimum absolute atomic E-state index is 0.0850. The van der Waals surface area contributed by atoms with Crippen molar-refractivity contribution in [1.82, 2.24) is 5.32 Å². The molecule has 0 rings (SSSR count). The van der Waals surface area contributed by atoms with E-state index in [1.54, 1.807) is 6.92 Å². The Hall–Kier alpha value is -0.570. The molecule has 84 valence electrons. The number of carbonyl (C=O) groups excluding carboxylic acids is 1. The number of aliphatic hydroxyl groups excluding tert-OH is 1. The predicted octanol–water partition coefficient (Wildman–Crippen LogP) is 1.70. The molecule has 0 saturated heterocycles. The van der Waals surface area contributed by atoms with E-state index in [0.717, 1.165) is 25.7 Å². The summed E-state index contributed by atoms with van der Waals surface area (Å²) in [7, 11) is 0. The quantitative estimate of drug-likeness (QED) is 0.658. The number of amides is 1. The lowest BCUT2D eigenvalue weighted by Crippen LogP contribution is -2.35. The smallest absolute Gasteiger partial charge is 0.223 e. The van der Waals surface area contributed by atoms with Gasteiger partial charge in [-0.3, -0.25) is 4.79 Å². The monoisotopic (exact) mass is 201 g/mol. The molecule has 0 saturated carbocycles. The number of aliphatic hydroxyl groups is 1. The van der Waals surface area contributed by atoms with Crippen molar-refractivity contribution in [2.45, 2.75) is 52.6 Å². The Morgan fingerprint density at radius 1 is 1.43 bits per heavy atom. The molecule has 14 heavy (non-hydrogen) atoms. The third-order valence-electron chi connectivity index (χ3n) is 2.34. The van der Waals surface area contributed by atoms with Gasteiger partial charge >= 0.3 is 0 Å². The van der Waals surface area contributed by atoms with E-state index in [1.807, 2.05) is 6.92 Å². The Morgan fingerprint density at radius 3 is 2.50 bits per heavy atom. The number of unbranched alkanes of at least 4 members (excludes halogenated alkanes) is 1. The highest BCUT2D eigenvalue weighted by Crippen LogP contribution is 2.12. The van der Waals surface area contributed by atoms with Gasteiger partial charge in [0.25, 0.3) is 0 Å². The summed E-state index contributed by atoms with van der Waals surface area (Å²) in [6.07, 6.45) is 3.60. The van der Waals surface area contributed by atoms with Crippen LogP contribution in [-0.2, 0) is 4.79 Å². The molecule has 2 atom stereocenters. The van der Waals surface area contributed by atoms with E-state index in [9.17, 15) is 4.79 Å². The molecule has 2 N–H and O–H groups in total. The lowest BCUT2D eigenvalue weighted by atomic mass is 9.98. The Kier molecular flexibility index (Phi) is 7.48. The summed E-state index contributed by atoms with van der Waals surface area (Å²) in [6, 6.07) is 0. The average Bonchev–Trinajstić information content (AvgIpc) is 2.16. The van der Waals surface area contributed by atoms with Gasteiger partial charge in [0.05, 0.1) is 6.10 Å². The summed E-state index contributed by atoms with van der Waals surface area (Å²) in [5.74, 6) is 0.204. The minimum atomic E-state index is -0.456. The fourth-order valence-electron chi connectivity index (χ4n) is 1.36. The molecule has 3 heteroatoms. The summed E-state index contributed by atoms with van der Waals surface area (Å²) < 4.78 is 0. The normalized spacial score (nSPS) is 14.9. The van der Waals surface area contributed by atoms with Crippen molar-refractivity contribution in [3.8, 4) is 0 Å². The zero-order valence-electron chi connectivity index (χ0n) is 9.55. The molecule has 0 aliphatic carbocycles. The van der Waals surface area contributed by atoms with Crippen LogP contribution in [0.3, 0.4) is 0 Å². The van der Waals surface area contributed by atoms with Crippen LogP contribution in [0.2, 0.25) is 0 Å². The highest BCUT2D eigenvalue weighted by molar-refractivity contribution is 5.78. The second-order valence-corrected chi connectivity index (χ2v) is 3.84. The number of carbonyl (C=O) groups is 1. The van der Waals surface area contributed by atoms with Crippen LogP contribution < -0.4 is 5.32 Å². The molecule has 0 aromatic heterocycles. The fourth-order valence-corrected chi connectivity index (χ4v) is 1.36. The summed E-state index contributed by atoms with van der Waals surface area (Å²) in [6.45, 7) is 6.19. The summed E-state index contributed by atoms with van der Waals surface area (Å²) in [4.78, 5) is 11.6. The van der Waals surface area contributed by atoms with Gasteiger partial charge in [-0.15, -0.1) is 0 Å². The van der Waals surface area contributed by atoms with Crippen molar-refractivity contribution in [1.29, 1.82) is 0 Å². The average molecular weight is 201 g/mol. The molecule has 0 spiro atoms. The van der Waals surface area contributed by atoms with Crippen LogP contribution in [-0.4, -0.2) is 23.7 Å². The Bertz CT molecular complexity index is 157. The Morgan fingerprint density at radius 2 is 2.07 bits per heavy atom. The first-order valence-corrected chi connectivity index (χ1v) is 5.57. The lowest BCUT2D eigenvalue weighted by Gasteiger charge is -2.15. The molecule has 0 aromatic carbocycles. The van der Waals surface area contributed by atoms with Crippen molar-refractivity contribution in [2.75, 3.05) is 6.54 Å². The van der Waals surface area contributed by atoms with Gasteiger partial charge in [-0.1, -0.05) is 26.7 Å². The second kappa shape index (κ2) is 7.80. The molecule has 0 heterocycles. The molecule has 0 fully saturated rings. The van der Waals surface area contributed by atoms with Gasteiger partial charge in [0.15, 0.2) is 0 Å². The van der Waals surface area contributed by atoms with Gasteiger partial charge < -0.3 is 10.4 Å². The maximum atomic E-state index is 11.6. The molecule has 0 aliphatic rings.